The van der Waals surface area contributed by atoms with Gasteiger partial charge in [-0.1, -0.05) is 72.3 Å². The first kappa shape index (κ1) is 21.0. The Bertz CT molecular complexity index is 1180. The van der Waals surface area contributed by atoms with Crippen molar-refractivity contribution in [2.24, 2.45) is 0 Å². The van der Waals surface area contributed by atoms with Crippen LogP contribution >= 0.6 is 0 Å². The number of aryl methyl sites for hydroxylation is 1. The van der Waals surface area contributed by atoms with Crippen molar-refractivity contribution in [2.45, 2.75) is 19.6 Å². The summed E-state index contributed by atoms with van der Waals surface area (Å²) in [5, 5.41) is 12.4. The number of hydrogen-bond acceptors (Lipinski definition) is 2. The molecule has 0 aliphatic carbocycles. The van der Waals surface area contributed by atoms with Crippen LogP contribution in [0, 0.1) is 6.92 Å². The lowest BCUT2D eigenvalue weighted by molar-refractivity contribution is -0.911. The molecule has 1 aliphatic heterocycles. The van der Waals surface area contributed by atoms with Gasteiger partial charge in [-0.2, -0.15) is 0 Å². The van der Waals surface area contributed by atoms with Crippen molar-refractivity contribution in [3.63, 3.8) is 0 Å². The van der Waals surface area contributed by atoms with Gasteiger partial charge in [0.2, 0.25) is 0 Å². The van der Waals surface area contributed by atoms with Gasteiger partial charge in [0.05, 0.1) is 25.5 Å². The van der Waals surface area contributed by atoms with Crippen LogP contribution in [0.25, 0.3) is 33.3 Å². The zero-order valence-corrected chi connectivity index (χ0v) is 18.6. The molecule has 5 rings (SSSR count). The number of hydrogen-bond donors (Lipinski definition) is 2. The number of rotatable bonds is 6. The Hall–Kier alpha value is -2.92. The smallest absolute Gasteiger partial charge is 0.121 e. The van der Waals surface area contributed by atoms with Crippen LogP contribution in [0.4, 0.5) is 0 Å². The normalized spacial score (nSPS) is 15.8. The number of nitrogens with one attached hydrogen (secondary N) is 1. The minimum Gasteiger partial charge on any atom is -0.385 e. The molecule has 164 valence electrons. The molecule has 2 N–H and O–H groups in total. The summed E-state index contributed by atoms with van der Waals surface area (Å²) in [5.74, 6) is 0. The summed E-state index contributed by atoms with van der Waals surface area (Å²) >= 11 is 0. The summed E-state index contributed by atoms with van der Waals surface area (Å²) < 4.78 is 7.82. The standard InChI is InChI=1S/C28H30N2O2/c1-21-12-13-26-25(18-21)27(22-8-4-2-5-9-22)28(23-10-6-3-7-11-23)30(26)20-24(31)19-29-14-16-32-17-15-29/h2-13,18,24,31H,14-17,19-20H2,1H3/p+1/t24-/m1/s1. The minimum atomic E-state index is -0.425. The van der Waals surface area contributed by atoms with Crippen molar-refractivity contribution in [3.05, 3.63) is 84.4 Å². The Kier molecular flexibility index (Phi) is 6.08. The number of ether oxygens (including phenoxy) is 1. The van der Waals surface area contributed by atoms with E-state index in [0.717, 1.165) is 32.8 Å². The van der Waals surface area contributed by atoms with Gasteiger partial charge in [-0.15, -0.1) is 0 Å². The van der Waals surface area contributed by atoms with Crippen molar-refractivity contribution < 1.29 is 14.7 Å². The zero-order chi connectivity index (χ0) is 21.9. The highest BCUT2D eigenvalue weighted by molar-refractivity contribution is 6.04. The first-order chi connectivity index (χ1) is 15.7. The number of aliphatic hydroxyl groups excluding tert-OH is 1. The Morgan fingerprint density at radius 1 is 0.906 bits per heavy atom. The van der Waals surface area contributed by atoms with E-state index in [-0.39, 0.29) is 0 Å². The third kappa shape index (κ3) is 4.22. The van der Waals surface area contributed by atoms with Crippen LogP contribution in [0.3, 0.4) is 0 Å². The van der Waals surface area contributed by atoms with E-state index in [2.05, 4.69) is 90.4 Å². The molecule has 1 aliphatic rings. The van der Waals surface area contributed by atoms with Gasteiger partial charge in [0.15, 0.2) is 0 Å². The summed E-state index contributed by atoms with van der Waals surface area (Å²) in [5.41, 5.74) is 7.20. The molecule has 2 heterocycles. The number of fused-ring (bicyclic) bond motifs is 1. The molecule has 1 fully saturated rings. The van der Waals surface area contributed by atoms with Crippen LogP contribution in [0.5, 0.6) is 0 Å². The van der Waals surface area contributed by atoms with E-state index in [1.54, 1.807) is 0 Å². The molecule has 4 nitrogen and oxygen atoms in total. The van der Waals surface area contributed by atoms with Gasteiger partial charge in [0.1, 0.15) is 25.7 Å². The number of benzene rings is 3. The van der Waals surface area contributed by atoms with Crippen molar-refractivity contribution in [1.82, 2.24) is 4.57 Å². The van der Waals surface area contributed by atoms with E-state index in [0.29, 0.717) is 6.54 Å². The quantitative estimate of drug-likeness (QED) is 0.494. The van der Waals surface area contributed by atoms with Gasteiger partial charge < -0.3 is 19.3 Å². The van der Waals surface area contributed by atoms with Crippen molar-refractivity contribution >= 4 is 10.9 Å². The summed E-state index contributed by atoms with van der Waals surface area (Å²) in [7, 11) is 0. The van der Waals surface area contributed by atoms with Crippen LogP contribution in [0.2, 0.25) is 0 Å². The predicted molar refractivity (Wildman–Crippen MR) is 130 cm³/mol. The van der Waals surface area contributed by atoms with E-state index in [9.17, 15) is 5.11 Å². The van der Waals surface area contributed by atoms with Crippen LogP contribution in [-0.2, 0) is 11.3 Å². The first-order valence-corrected chi connectivity index (χ1v) is 11.5. The van der Waals surface area contributed by atoms with E-state index in [1.807, 2.05) is 0 Å². The molecule has 0 bridgehead atoms. The minimum absolute atomic E-state index is 0.425. The first-order valence-electron chi connectivity index (χ1n) is 11.5. The molecule has 0 spiro atoms. The maximum absolute atomic E-state index is 11.1. The second-order valence-electron chi connectivity index (χ2n) is 8.81. The molecule has 0 radical (unpaired) electrons. The highest BCUT2D eigenvalue weighted by Crippen LogP contribution is 2.41. The highest BCUT2D eigenvalue weighted by Gasteiger charge is 2.24. The van der Waals surface area contributed by atoms with Crippen LogP contribution in [-0.4, -0.2) is 48.6 Å². The van der Waals surface area contributed by atoms with Gasteiger partial charge in [0.25, 0.3) is 0 Å². The van der Waals surface area contributed by atoms with Gasteiger partial charge in [-0.25, -0.2) is 0 Å². The topological polar surface area (TPSA) is 38.8 Å². The SMILES string of the molecule is Cc1ccc2c(c1)c(-c1ccccc1)c(-c1ccccc1)n2C[C@H](O)C[NH+]1CCOCC1. The maximum atomic E-state index is 11.1. The maximum Gasteiger partial charge on any atom is 0.121 e. The zero-order valence-electron chi connectivity index (χ0n) is 18.6. The molecule has 0 amide bonds. The second kappa shape index (κ2) is 9.29. The van der Waals surface area contributed by atoms with Crippen molar-refractivity contribution in [2.75, 3.05) is 32.8 Å². The summed E-state index contributed by atoms with van der Waals surface area (Å²) in [6, 6.07) is 27.8. The van der Waals surface area contributed by atoms with Crippen LogP contribution in [0.1, 0.15) is 5.56 Å². The fraction of sp³-hybridized carbons (Fsp3) is 0.286. The molecule has 4 heteroatoms. The third-order valence-corrected chi connectivity index (χ3v) is 6.45. The lowest BCUT2D eigenvalue weighted by atomic mass is 9.98. The molecular weight excluding hydrogens is 396 g/mol. The summed E-state index contributed by atoms with van der Waals surface area (Å²) in [4.78, 5) is 1.42. The molecule has 1 aromatic heterocycles. The fourth-order valence-corrected chi connectivity index (χ4v) is 4.92. The Morgan fingerprint density at radius 3 is 2.25 bits per heavy atom. The molecule has 3 aromatic carbocycles. The molecule has 1 atom stereocenters. The predicted octanol–water partition coefficient (Wildman–Crippen LogP) is 3.56. The fourth-order valence-electron chi connectivity index (χ4n) is 4.92. The van der Waals surface area contributed by atoms with Gasteiger partial charge in [0, 0.05) is 16.5 Å². The third-order valence-electron chi connectivity index (χ3n) is 6.45. The molecule has 1 saturated heterocycles. The number of aliphatic hydroxyl groups is 1. The lowest BCUT2D eigenvalue weighted by Crippen LogP contribution is -3.15. The highest BCUT2D eigenvalue weighted by atomic mass is 16.5. The number of morpholine rings is 1. The van der Waals surface area contributed by atoms with Crippen LogP contribution < -0.4 is 4.90 Å². The Morgan fingerprint density at radius 2 is 1.56 bits per heavy atom. The number of nitrogens with zero attached hydrogens (tertiary/aromatic N) is 1. The summed E-state index contributed by atoms with van der Waals surface area (Å²) in [6.45, 7) is 6.94. The largest absolute Gasteiger partial charge is 0.385 e. The number of quaternary nitrogens is 1. The van der Waals surface area contributed by atoms with Gasteiger partial charge >= 0.3 is 0 Å². The van der Waals surface area contributed by atoms with E-state index in [4.69, 9.17) is 4.74 Å². The van der Waals surface area contributed by atoms with Crippen LogP contribution in [0.15, 0.2) is 78.9 Å². The average molecular weight is 428 g/mol. The van der Waals surface area contributed by atoms with Gasteiger partial charge in [-0.3, -0.25) is 0 Å². The average Bonchev–Trinajstić information content (AvgIpc) is 3.13. The monoisotopic (exact) mass is 427 g/mol. The van der Waals surface area contributed by atoms with E-state index in [1.165, 1.54) is 43.8 Å². The lowest BCUT2D eigenvalue weighted by Gasteiger charge is -2.26. The Labute approximate surface area is 189 Å². The van der Waals surface area contributed by atoms with Gasteiger partial charge in [-0.05, 0) is 30.2 Å². The summed E-state index contributed by atoms with van der Waals surface area (Å²) in [6.07, 6.45) is -0.425. The molecule has 0 unspecified atom stereocenters. The van der Waals surface area contributed by atoms with Crippen molar-refractivity contribution in [3.8, 4) is 22.4 Å². The van der Waals surface area contributed by atoms with Crippen molar-refractivity contribution in [1.29, 1.82) is 0 Å². The molecular formula is C28H31N2O2+. The van der Waals surface area contributed by atoms with E-state index >= 15 is 0 Å². The molecule has 0 saturated carbocycles. The van der Waals surface area contributed by atoms with E-state index < -0.39 is 6.10 Å². The number of aromatic nitrogens is 1. The molecule has 4 aromatic rings. The second-order valence-corrected chi connectivity index (χ2v) is 8.81. The molecule has 32 heavy (non-hydrogen) atoms. The Balaban J connectivity index is 1.66.